The van der Waals surface area contributed by atoms with Gasteiger partial charge in [0.25, 0.3) is 11.5 Å². The highest BCUT2D eigenvalue weighted by molar-refractivity contribution is 5.74. The van der Waals surface area contributed by atoms with Crippen LogP contribution in [0.1, 0.15) is 6.92 Å². The number of amides is 2. The van der Waals surface area contributed by atoms with E-state index >= 15 is 0 Å². The van der Waals surface area contributed by atoms with Gasteiger partial charge in [0, 0.05) is 32.2 Å². The van der Waals surface area contributed by atoms with Gasteiger partial charge in [-0.25, -0.2) is 15.3 Å². The number of anilines is 1. The van der Waals surface area contributed by atoms with Gasteiger partial charge in [0.1, 0.15) is 12.4 Å². The largest absolute Gasteiger partial charge is 0.450 e. The van der Waals surface area contributed by atoms with Gasteiger partial charge < -0.3 is 14.5 Å². The van der Waals surface area contributed by atoms with E-state index in [2.05, 4.69) is 5.10 Å². The molecule has 2 rings (SSSR count). The molecule has 23 heavy (non-hydrogen) atoms. The highest BCUT2D eigenvalue weighted by Gasteiger charge is 2.23. The predicted octanol–water partition coefficient (Wildman–Crippen LogP) is -1.49. The van der Waals surface area contributed by atoms with Crippen LogP contribution in [0.15, 0.2) is 16.9 Å². The molecule has 0 aliphatic carbocycles. The third kappa shape index (κ3) is 4.19. The molecular formula is C13H20N6O4. The van der Waals surface area contributed by atoms with Crippen LogP contribution >= 0.6 is 0 Å². The van der Waals surface area contributed by atoms with Crippen molar-refractivity contribution >= 4 is 17.8 Å². The molecule has 0 bridgehead atoms. The van der Waals surface area contributed by atoms with E-state index in [0.29, 0.717) is 38.6 Å². The van der Waals surface area contributed by atoms with Gasteiger partial charge in [-0.2, -0.15) is 5.10 Å². The molecule has 0 radical (unpaired) electrons. The van der Waals surface area contributed by atoms with Crippen LogP contribution in [0.3, 0.4) is 0 Å². The number of aromatic nitrogens is 2. The van der Waals surface area contributed by atoms with Crippen molar-refractivity contribution in [3.05, 3.63) is 22.5 Å². The lowest BCUT2D eigenvalue weighted by Crippen LogP contribution is -2.49. The Hall–Kier alpha value is -2.62. The number of nitrogens with two attached hydrogens (primary N) is 1. The van der Waals surface area contributed by atoms with E-state index in [0.717, 1.165) is 4.68 Å². The van der Waals surface area contributed by atoms with Crippen molar-refractivity contribution in [3.63, 3.8) is 0 Å². The number of carbonyl (C=O) groups excluding carboxylic acids is 2. The van der Waals surface area contributed by atoms with E-state index in [1.807, 2.05) is 10.3 Å². The average molecular weight is 324 g/mol. The Balaban J connectivity index is 2.03. The molecule has 3 N–H and O–H groups in total. The Morgan fingerprint density at radius 2 is 2.00 bits per heavy atom. The smallest absolute Gasteiger partial charge is 0.409 e. The molecule has 0 aromatic carbocycles. The fraction of sp³-hybridized carbons (Fsp3) is 0.538. The maximum Gasteiger partial charge on any atom is 0.409 e. The first-order valence-electron chi connectivity index (χ1n) is 7.29. The monoisotopic (exact) mass is 324 g/mol. The van der Waals surface area contributed by atoms with Crippen LogP contribution in [0, 0.1) is 0 Å². The summed E-state index contributed by atoms with van der Waals surface area (Å²) in [6.45, 7) is 3.99. The molecule has 126 valence electrons. The molecule has 0 spiro atoms. The van der Waals surface area contributed by atoms with E-state index in [4.69, 9.17) is 10.6 Å². The number of carbonyl (C=O) groups is 2. The highest BCUT2D eigenvalue weighted by atomic mass is 16.6. The quantitative estimate of drug-likeness (QED) is 0.393. The lowest BCUT2D eigenvalue weighted by Gasteiger charge is -2.34. The first kappa shape index (κ1) is 16.7. The molecule has 2 heterocycles. The summed E-state index contributed by atoms with van der Waals surface area (Å²) in [7, 11) is 0. The number of hydrogen-bond acceptors (Lipinski definition) is 7. The minimum absolute atomic E-state index is 0.244. The van der Waals surface area contributed by atoms with E-state index in [-0.39, 0.29) is 18.2 Å². The molecule has 1 fully saturated rings. The molecule has 1 aliphatic rings. The predicted molar refractivity (Wildman–Crippen MR) is 81.6 cm³/mol. The number of piperazine rings is 1. The maximum atomic E-state index is 11.7. The third-order valence-electron chi connectivity index (χ3n) is 3.44. The van der Waals surface area contributed by atoms with Gasteiger partial charge in [0.15, 0.2) is 0 Å². The molecule has 10 nitrogen and oxygen atoms in total. The second-order valence-electron chi connectivity index (χ2n) is 4.93. The van der Waals surface area contributed by atoms with Crippen LogP contribution < -0.4 is 21.7 Å². The molecule has 0 unspecified atom stereocenters. The molecule has 1 aromatic rings. The van der Waals surface area contributed by atoms with Gasteiger partial charge >= 0.3 is 6.09 Å². The number of nitrogens with one attached hydrogen (secondary N) is 1. The van der Waals surface area contributed by atoms with Gasteiger partial charge in [0.2, 0.25) is 0 Å². The number of nitrogens with zero attached hydrogens (tertiary/aromatic N) is 4. The van der Waals surface area contributed by atoms with Crippen molar-refractivity contribution < 1.29 is 14.3 Å². The fourth-order valence-electron chi connectivity index (χ4n) is 2.23. The Morgan fingerprint density at radius 1 is 1.30 bits per heavy atom. The van der Waals surface area contributed by atoms with Crippen molar-refractivity contribution in [3.8, 4) is 0 Å². The fourth-order valence-corrected chi connectivity index (χ4v) is 2.23. The summed E-state index contributed by atoms with van der Waals surface area (Å²) >= 11 is 0. The van der Waals surface area contributed by atoms with Crippen LogP contribution in [0.25, 0.3) is 0 Å². The van der Waals surface area contributed by atoms with E-state index in [1.165, 1.54) is 6.07 Å². The van der Waals surface area contributed by atoms with Crippen molar-refractivity contribution in [1.82, 2.24) is 20.1 Å². The van der Waals surface area contributed by atoms with Gasteiger partial charge in [-0.15, -0.1) is 0 Å². The van der Waals surface area contributed by atoms with Crippen LogP contribution in [0.5, 0.6) is 0 Å². The Morgan fingerprint density at radius 3 is 2.61 bits per heavy atom. The summed E-state index contributed by atoms with van der Waals surface area (Å²) in [5, 5.41) is 4.17. The molecule has 0 atom stereocenters. The minimum atomic E-state index is -0.510. The Bertz CT molecular complexity index is 623. The van der Waals surface area contributed by atoms with E-state index in [1.54, 1.807) is 17.9 Å². The molecule has 10 heteroatoms. The van der Waals surface area contributed by atoms with Gasteiger partial charge in [-0.05, 0) is 13.0 Å². The average Bonchev–Trinajstić information content (AvgIpc) is 2.57. The summed E-state index contributed by atoms with van der Waals surface area (Å²) in [5.74, 6) is 5.07. The normalized spacial score (nSPS) is 14.5. The zero-order chi connectivity index (χ0) is 16.8. The first-order valence-corrected chi connectivity index (χ1v) is 7.29. The zero-order valence-corrected chi connectivity index (χ0v) is 12.9. The summed E-state index contributed by atoms with van der Waals surface area (Å²) in [6.07, 6.45) is -0.329. The lowest BCUT2D eigenvalue weighted by atomic mass is 10.3. The second-order valence-corrected chi connectivity index (χ2v) is 4.93. The van der Waals surface area contributed by atoms with Crippen LogP contribution in [-0.4, -0.2) is 59.5 Å². The minimum Gasteiger partial charge on any atom is -0.450 e. The maximum absolute atomic E-state index is 11.7. The van der Waals surface area contributed by atoms with Crippen molar-refractivity contribution in [2.75, 3.05) is 37.7 Å². The zero-order valence-electron chi connectivity index (χ0n) is 12.9. The van der Waals surface area contributed by atoms with E-state index in [9.17, 15) is 14.4 Å². The summed E-state index contributed by atoms with van der Waals surface area (Å²) in [4.78, 5) is 38.2. The highest BCUT2D eigenvalue weighted by Crippen LogP contribution is 2.12. The van der Waals surface area contributed by atoms with Gasteiger partial charge in [-0.3, -0.25) is 15.0 Å². The van der Waals surface area contributed by atoms with Gasteiger partial charge in [-0.1, -0.05) is 0 Å². The summed E-state index contributed by atoms with van der Waals surface area (Å²) in [6, 6.07) is 2.95. The number of hydrogen-bond donors (Lipinski definition) is 2. The summed E-state index contributed by atoms with van der Waals surface area (Å²) in [5.41, 5.74) is 1.57. The number of ether oxygens (including phenoxy) is 1. The van der Waals surface area contributed by atoms with Crippen LogP contribution in [0.2, 0.25) is 0 Å². The third-order valence-corrected chi connectivity index (χ3v) is 3.44. The second kappa shape index (κ2) is 7.58. The Kier molecular flexibility index (Phi) is 5.52. The molecule has 1 aromatic heterocycles. The van der Waals surface area contributed by atoms with Crippen molar-refractivity contribution in [1.29, 1.82) is 0 Å². The molecule has 1 saturated heterocycles. The topological polar surface area (TPSA) is 123 Å². The first-order chi connectivity index (χ1) is 11.0. The SMILES string of the molecule is CCOC(=O)N1CCN(c2ccc(=O)n(CC(=O)NN)n2)CC1. The van der Waals surface area contributed by atoms with Crippen LogP contribution in [-0.2, 0) is 16.1 Å². The molecule has 2 amide bonds. The van der Waals surface area contributed by atoms with Crippen molar-refractivity contribution in [2.45, 2.75) is 13.5 Å². The van der Waals surface area contributed by atoms with Crippen molar-refractivity contribution in [2.24, 2.45) is 5.84 Å². The summed E-state index contributed by atoms with van der Waals surface area (Å²) < 4.78 is 6.02. The number of hydrazine groups is 1. The Labute approximate surface area is 132 Å². The number of rotatable bonds is 4. The standard InChI is InChI=1S/C13H20N6O4/c1-2-23-13(22)18-7-5-17(6-8-18)10-3-4-12(21)19(16-10)9-11(20)15-14/h3-4H,2,5-9,14H2,1H3,(H,15,20). The molecule has 1 aliphatic heterocycles. The molecular weight excluding hydrogens is 304 g/mol. The lowest BCUT2D eigenvalue weighted by molar-refractivity contribution is -0.122. The van der Waals surface area contributed by atoms with Gasteiger partial charge in [0.05, 0.1) is 6.61 Å². The molecule has 0 saturated carbocycles. The van der Waals surface area contributed by atoms with E-state index < -0.39 is 5.91 Å². The van der Waals surface area contributed by atoms with Crippen LogP contribution in [0.4, 0.5) is 10.6 Å².